The van der Waals surface area contributed by atoms with Crippen molar-refractivity contribution in [3.05, 3.63) is 65.1 Å². The second-order valence-corrected chi connectivity index (χ2v) is 4.93. The zero-order chi connectivity index (χ0) is 13.4. The fraction of sp³-hybridized carbons (Fsp3) is 0.0667. The third kappa shape index (κ3) is 2.29. The van der Waals surface area contributed by atoms with Gasteiger partial charge in [-0.2, -0.15) is 0 Å². The molecule has 0 radical (unpaired) electrons. The van der Waals surface area contributed by atoms with Crippen molar-refractivity contribution in [3.8, 4) is 0 Å². The van der Waals surface area contributed by atoms with Gasteiger partial charge in [0.05, 0.1) is 0 Å². The minimum Gasteiger partial charge on any atom is -0.398 e. The maximum atomic E-state index is 13.1. The van der Waals surface area contributed by atoms with Gasteiger partial charge in [-0.15, -0.1) is 0 Å². The van der Waals surface area contributed by atoms with Crippen LogP contribution < -0.4 is 5.73 Å². The predicted molar refractivity (Wildman–Crippen MR) is 76.9 cm³/mol. The molecule has 3 aromatic rings. The van der Waals surface area contributed by atoms with E-state index >= 15 is 0 Å². The van der Waals surface area contributed by atoms with Crippen molar-refractivity contribution in [2.75, 3.05) is 5.73 Å². The largest absolute Gasteiger partial charge is 0.398 e. The molecule has 0 aliphatic heterocycles. The second-order valence-electron chi connectivity index (χ2n) is 4.49. The lowest BCUT2D eigenvalue weighted by Crippen LogP contribution is -2.01. The first kappa shape index (κ1) is 12.1. The van der Waals surface area contributed by atoms with Gasteiger partial charge < -0.3 is 10.3 Å². The van der Waals surface area contributed by atoms with E-state index in [1.807, 2.05) is 29.0 Å². The van der Waals surface area contributed by atoms with Gasteiger partial charge in [0.2, 0.25) is 0 Å². The number of nitrogens with two attached hydrogens (primary N) is 1. The van der Waals surface area contributed by atoms with E-state index in [-0.39, 0.29) is 5.82 Å². The Morgan fingerprint density at radius 1 is 1.11 bits per heavy atom. The first-order valence-corrected chi connectivity index (χ1v) is 6.29. The number of hydrogen-bond acceptors (Lipinski definition) is 1. The highest BCUT2D eigenvalue weighted by Crippen LogP contribution is 2.22. The Balaban J connectivity index is 2.01. The van der Waals surface area contributed by atoms with E-state index in [1.165, 1.54) is 12.1 Å². The Bertz CT molecular complexity index is 749. The molecule has 2 nitrogen and oxygen atoms in total. The molecule has 2 aromatic carbocycles. The zero-order valence-corrected chi connectivity index (χ0v) is 10.9. The van der Waals surface area contributed by atoms with Crippen molar-refractivity contribution in [3.63, 3.8) is 0 Å². The molecule has 0 saturated carbocycles. The van der Waals surface area contributed by atoms with Crippen LogP contribution in [0.15, 0.2) is 48.7 Å². The third-order valence-corrected chi connectivity index (χ3v) is 3.42. The molecule has 19 heavy (non-hydrogen) atoms. The summed E-state index contributed by atoms with van der Waals surface area (Å²) in [4.78, 5) is 0. The number of nitrogen functional groups attached to an aromatic ring is 1. The lowest BCUT2D eigenvalue weighted by atomic mass is 10.2. The fourth-order valence-corrected chi connectivity index (χ4v) is 2.38. The summed E-state index contributed by atoms with van der Waals surface area (Å²) in [6.07, 6.45) is 1.93. The highest BCUT2D eigenvalue weighted by Gasteiger charge is 2.05. The molecule has 0 bridgehead atoms. The molecule has 0 aliphatic carbocycles. The molecule has 0 fully saturated rings. The Kier molecular flexibility index (Phi) is 2.91. The molecule has 2 N–H and O–H groups in total. The summed E-state index contributed by atoms with van der Waals surface area (Å²) in [5, 5.41) is 1.51. The average molecular weight is 275 g/mol. The molecule has 1 aromatic heterocycles. The van der Waals surface area contributed by atoms with Gasteiger partial charge in [-0.1, -0.05) is 17.7 Å². The van der Waals surface area contributed by atoms with Crippen LogP contribution in [-0.4, -0.2) is 4.57 Å². The van der Waals surface area contributed by atoms with Crippen LogP contribution in [0.1, 0.15) is 5.56 Å². The van der Waals surface area contributed by atoms with Gasteiger partial charge in [0.15, 0.2) is 0 Å². The van der Waals surface area contributed by atoms with Crippen LogP contribution in [0.2, 0.25) is 5.02 Å². The van der Waals surface area contributed by atoms with Gasteiger partial charge in [-0.3, -0.25) is 0 Å². The third-order valence-electron chi connectivity index (χ3n) is 3.18. The molecular weight excluding hydrogens is 263 g/mol. The lowest BCUT2D eigenvalue weighted by molar-refractivity contribution is 0.629. The topological polar surface area (TPSA) is 30.9 Å². The van der Waals surface area contributed by atoms with Crippen LogP contribution in [0.4, 0.5) is 10.1 Å². The molecular formula is C15H12ClFN2. The minimum atomic E-state index is -0.226. The molecule has 0 spiro atoms. The smallest absolute Gasteiger partial charge is 0.123 e. The highest BCUT2D eigenvalue weighted by molar-refractivity contribution is 6.30. The Hall–Kier alpha value is -2.00. The SMILES string of the molecule is Nc1cc(Cl)ccc1Cn1ccc2cc(F)ccc21. The molecule has 96 valence electrons. The summed E-state index contributed by atoms with van der Waals surface area (Å²) in [6, 6.07) is 12.1. The summed E-state index contributed by atoms with van der Waals surface area (Å²) in [6.45, 7) is 0.637. The fourth-order valence-electron chi connectivity index (χ4n) is 2.20. The second kappa shape index (κ2) is 4.59. The number of aromatic nitrogens is 1. The van der Waals surface area contributed by atoms with Gasteiger partial charge in [0.1, 0.15) is 5.82 Å². The summed E-state index contributed by atoms with van der Waals surface area (Å²) < 4.78 is 15.2. The quantitative estimate of drug-likeness (QED) is 0.702. The number of halogens is 2. The van der Waals surface area contributed by atoms with Crippen molar-refractivity contribution in [2.45, 2.75) is 6.54 Å². The van der Waals surface area contributed by atoms with E-state index in [0.29, 0.717) is 17.3 Å². The van der Waals surface area contributed by atoms with Crippen molar-refractivity contribution >= 4 is 28.2 Å². The minimum absolute atomic E-state index is 0.226. The van der Waals surface area contributed by atoms with Gasteiger partial charge in [0.25, 0.3) is 0 Å². The zero-order valence-electron chi connectivity index (χ0n) is 10.1. The Morgan fingerprint density at radius 2 is 1.95 bits per heavy atom. The molecule has 4 heteroatoms. The van der Waals surface area contributed by atoms with E-state index in [4.69, 9.17) is 17.3 Å². The van der Waals surface area contributed by atoms with Gasteiger partial charge in [-0.05, 0) is 42.0 Å². The van der Waals surface area contributed by atoms with Crippen LogP contribution in [0, 0.1) is 5.82 Å². The molecule has 0 atom stereocenters. The molecule has 0 aliphatic rings. The van der Waals surface area contributed by atoms with Gasteiger partial charge in [-0.25, -0.2) is 4.39 Å². The lowest BCUT2D eigenvalue weighted by Gasteiger charge is -2.09. The van der Waals surface area contributed by atoms with Crippen LogP contribution in [0.5, 0.6) is 0 Å². The molecule has 0 saturated heterocycles. The number of fused-ring (bicyclic) bond motifs is 1. The molecule has 0 amide bonds. The van der Waals surface area contributed by atoms with Gasteiger partial charge in [0, 0.05) is 34.4 Å². The van der Waals surface area contributed by atoms with Gasteiger partial charge >= 0.3 is 0 Å². The van der Waals surface area contributed by atoms with Crippen LogP contribution in [-0.2, 0) is 6.54 Å². The Morgan fingerprint density at radius 3 is 2.74 bits per heavy atom. The maximum absolute atomic E-state index is 13.1. The number of rotatable bonds is 2. The number of anilines is 1. The monoisotopic (exact) mass is 274 g/mol. The molecule has 0 unspecified atom stereocenters. The van der Waals surface area contributed by atoms with E-state index in [0.717, 1.165) is 16.5 Å². The van der Waals surface area contributed by atoms with Crippen molar-refractivity contribution < 1.29 is 4.39 Å². The van der Waals surface area contributed by atoms with E-state index in [1.54, 1.807) is 12.1 Å². The standard InChI is InChI=1S/C15H12ClFN2/c16-12-2-1-11(14(18)8-12)9-19-6-5-10-7-13(17)3-4-15(10)19/h1-8H,9,18H2. The molecule has 3 rings (SSSR count). The average Bonchev–Trinajstić information content (AvgIpc) is 2.75. The van der Waals surface area contributed by atoms with Crippen LogP contribution in [0.25, 0.3) is 10.9 Å². The number of benzene rings is 2. The summed E-state index contributed by atoms with van der Waals surface area (Å²) in [5.74, 6) is -0.226. The highest BCUT2D eigenvalue weighted by atomic mass is 35.5. The van der Waals surface area contributed by atoms with Crippen LogP contribution in [0.3, 0.4) is 0 Å². The van der Waals surface area contributed by atoms with E-state index in [9.17, 15) is 4.39 Å². The van der Waals surface area contributed by atoms with E-state index < -0.39 is 0 Å². The predicted octanol–water partition coefficient (Wildman–Crippen LogP) is 4.06. The molecule has 1 heterocycles. The van der Waals surface area contributed by atoms with Crippen molar-refractivity contribution in [1.29, 1.82) is 0 Å². The first-order chi connectivity index (χ1) is 9.13. The number of hydrogen-bond donors (Lipinski definition) is 1. The van der Waals surface area contributed by atoms with E-state index in [2.05, 4.69) is 0 Å². The van der Waals surface area contributed by atoms with Crippen molar-refractivity contribution in [1.82, 2.24) is 4.57 Å². The Labute approximate surface area is 115 Å². The summed E-state index contributed by atoms with van der Waals surface area (Å²) in [5.41, 5.74) is 8.59. The van der Waals surface area contributed by atoms with Crippen molar-refractivity contribution in [2.24, 2.45) is 0 Å². The van der Waals surface area contributed by atoms with Crippen LogP contribution >= 0.6 is 11.6 Å². The summed E-state index contributed by atoms with van der Waals surface area (Å²) >= 11 is 5.88. The summed E-state index contributed by atoms with van der Waals surface area (Å²) in [7, 11) is 0. The normalized spacial score (nSPS) is 11.1. The first-order valence-electron chi connectivity index (χ1n) is 5.92. The number of nitrogens with zero attached hydrogens (tertiary/aromatic N) is 1. The maximum Gasteiger partial charge on any atom is 0.123 e.